The first-order valence-electron chi connectivity index (χ1n) is 7.93. The molecular formula is C19H20F4. The summed E-state index contributed by atoms with van der Waals surface area (Å²) in [7, 11) is 0. The van der Waals surface area contributed by atoms with Crippen LogP contribution in [0.2, 0.25) is 0 Å². The number of hydrogen-bond acceptors (Lipinski definition) is 0. The van der Waals surface area contributed by atoms with Gasteiger partial charge in [-0.25, -0.2) is 17.6 Å². The third-order valence-corrected chi connectivity index (χ3v) is 3.98. The number of rotatable bonds is 7. The average Bonchev–Trinajstić information content (AvgIpc) is 2.57. The van der Waals surface area contributed by atoms with E-state index in [1.54, 1.807) is 12.1 Å². The molecule has 0 amide bonds. The first kappa shape index (κ1) is 17.5. The summed E-state index contributed by atoms with van der Waals surface area (Å²) in [4.78, 5) is 0. The maximum Gasteiger partial charge on any atom is 0.165 e. The minimum atomic E-state index is -1.26. The Bertz CT molecular complexity index is 621. The predicted octanol–water partition coefficient (Wildman–Crippen LogP) is 5.76. The Morgan fingerprint density at radius 1 is 0.652 bits per heavy atom. The molecule has 2 aromatic carbocycles. The fourth-order valence-electron chi connectivity index (χ4n) is 2.63. The van der Waals surface area contributed by atoms with E-state index in [2.05, 4.69) is 0 Å². The normalized spacial score (nSPS) is 11.0. The maximum absolute atomic E-state index is 14.1. The lowest BCUT2D eigenvalue weighted by Gasteiger charge is -2.12. The largest absolute Gasteiger partial charge is 0.203 e. The van der Waals surface area contributed by atoms with Gasteiger partial charge in [0.25, 0.3) is 0 Å². The van der Waals surface area contributed by atoms with Crippen LogP contribution in [0.15, 0.2) is 30.3 Å². The van der Waals surface area contributed by atoms with Crippen molar-refractivity contribution >= 4 is 0 Å². The minimum absolute atomic E-state index is 0.0122. The molecule has 23 heavy (non-hydrogen) atoms. The molecule has 0 fully saturated rings. The summed E-state index contributed by atoms with van der Waals surface area (Å²) in [6, 6.07) is 9.05. The van der Waals surface area contributed by atoms with E-state index in [9.17, 15) is 17.6 Å². The predicted molar refractivity (Wildman–Crippen MR) is 83.4 cm³/mol. The lowest BCUT2D eigenvalue weighted by Crippen LogP contribution is -2.10. The van der Waals surface area contributed by atoms with Crippen LogP contribution in [0.5, 0.6) is 0 Å². The molecule has 2 rings (SSSR count). The van der Waals surface area contributed by atoms with Gasteiger partial charge in [0.05, 0.1) is 0 Å². The third-order valence-electron chi connectivity index (χ3n) is 3.98. The third kappa shape index (κ3) is 4.12. The SMILES string of the molecule is CCCCCc1c(F)c(F)c(CCc2ccccc2)c(F)c1F. The van der Waals surface area contributed by atoms with Crippen molar-refractivity contribution in [1.82, 2.24) is 0 Å². The highest BCUT2D eigenvalue weighted by Crippen LogP contribution is 2.26. The summed E-state index contributed by atoms with van der Waals surface area (Å²) in [6.07, 6.45) is 2.39. The van der Waals surface area contributed by atoms with E-state index in [0.717, 1.165) is 18.4 Å². The molecular weight excluding hydrogens is 304 g/mol. The number of unbranched alkanes of at least 4 members (excludes halogenated alkanes) is 2. The summed E-state index contributed by atoms with van der Waals surface area (Å²) < 4.78 is 56.4. The van der Waals surface area contributed by atoms with Gasteiger partial charge in [0.1, 0.15) is 0 Å². The zero-order valence-electron chi connectivity index (χ0n) is 13.1. The van der Waals surface area contributed by atoms with Crippen LogP contribution in [0, 0.1) is 23.3 Å². The van der Waals surface area contributed by atoms with Gasteiger partial charge in [-0.15, -0.1) is 0 Å². The van der Waals surface area contributed by atoms with Gasteiger partial charge >= 0.3 is 0 Å². The van der Waals surface area contributed by atoms with E-state index >= 15 is 0 Å². The molecule has 0 saturated heterocycles. The van der Waals surface area contributed by atoms with Crippen molar-refractivity contribution in [2.45, 2.75) is 45.4 Å². The molecule has 0 aliphatic carbocycles. The smallest absolute Gasteiger partial charge is 0.165 e. The van der Waals surface area contributed by atoms with Crippen LogP contribution >= 0.6 is 0 Å². The summed E-state index contributed by atoms with van der Waals surface area (Å²) >= 11 is 0. The van der Waals surface area contributed by atoms with Crippen LogP contribution in [-0.4, -0.2) is 0 Å². The summed E-state index contributed by atoms with van der Waals surface area (Å²) in [5.74, 6) is -5.01. The van der Waals surface area contributed by atoms with Gasteiger partial charge < -0.3 is 0 Å². The van der Waals surface area contributed by atoms with Crippen LogP contribution < -0.4 is 0 Å². The monoisotopic (exact) mass is 324 g/mol. The molecule has 0 aromatic heterocycles. The molecule has 0 spiro atoms. The second kappa shape index (κ2) is 8.14. The van der Waals surface area contributed by atoms with Crippen molar-refractivity contribution in [2.75, 3.05) is 0 Å². The lowest BCUT2D eigenvalue weighted by molar-refractivity contribution is 0.423. The van der Waals surface area contributed by atoms with Crippen molar-refractivity contribution in [3.05, 3.63) is 70.3 Å². The van der Waals surface area contributed by atoms with E-state index in [1.165, 1.54) is 0 Å². The Labute approximate surface area is 134 Å². The molecule has 0 saturated carbocycles. The molecule has 2 aromatic rings. The minimum Gasteiger partial charge on any atom is -0.203 e. The Morgan fingerprint density at radius 2 is 1.17 bits per heavy atom. The first-order chi connectivity index (χ1) is 11.1. The first-order valence-corrected chi connectivity index (χ1v) is 7.93. The van der Waals surface area contributed by atoms with Gasteiger partial charge in [0.2, 0.25) is 0 Å². The van der Waals surface area contributed by atoms with Gasteiger partial charge in [0.15, 0.2) is 23.3 Å². The van der Waals surface area contributed by atoms with Crippen LogP contribution in [0.4, 0.5) is 17.6 Å². The van der Waals surface area contributed by atoms with Gasteiger partial charge in [-0.2, -0.15) is 0 Å². The average molecular weight is 324 g/mol. The Kier molecular flexibility index (Phi) is 6.20. The van der Waals surface area contributed by atoms with E-state index in [-0.39, 0.29) is 12.8 Å². The van der Waals surface area contributed by atoms with E-state index in [4.69, 9.17) is 0 Å². The van der Waals surface area contributed by atoms with E-state index in [0.29, 0.717) is 12.8 Å². The highest BCUT2D eigenvalue weighted by Gasteiger charge is 2.24. The summed E-state index contributed by atoms with van der Waals surface area (Å²) in [6.45, 7) is 1.95. The number of benzene rings is 2. The van der Waals surface area contributed by atoms with Crippen LogP contribution in [0.3, 0.4) is 0 Å². The molecule has 0 bridgehead atoms. The van der Waals surface area contributed by atoms with Crippen molar-refractivity contribution in [3.63, 3.8) is 0 Å². The molecule has 0 atom stereocenters. The van der Waals surface area contributed by atoms with Crippen LogP contribution in [0.25, 0.3) is 0 Å². The molecule has 4 heteroatoms. The summed E-state index contributed by atoms with van der Waals surface area (Å²) in [5.41, 5.74) is -0.126. The fraction of sp³-hybridized carbons (Fsp3) is 0.368. The summed E-state index contributed by atoms with van der Waals surface area (Å²) in [5, 5.41) is 0. The van der Waals surface area contributed by atoms with Crippen molar-refractivity contribution in [1.29, 1.82) is 0 Å². The molecule has 0 aliphatic rings. The van der Waals surface area contributed by atoms with Gasteiger partial charge in [-0.1, -0.05) is 50.1 Å². The zero-order chi connectivity index (χ0) is 16.8. The lowest BCUT2D eigenvalue weighted by atomic mass is 9.98. The zero-order valence-corrected chi connectivity index (χ0v) is 13.1. The Morgan fingerprint density at radius 3 is 1.70 bits per heavy atom. The highest BCUT2D eigenvalue weighted by molar-refractivity contribution is 5.31. The molecule has 0 nitrogen and oxygen atoms in total. The van der Waals surface area contributed by atoms with Crippen molar-refractivity contribution in [2.24, 2.45) is 0 Å². The maximum atomic E-state index is 14.1. The highest BCUT2D eigenvalue weighted by atomic mass is 19.2. The molecule has 0 N–H and O–H groups in total. The van der Waals surface area contributed by atoms with E-state index in [1.807, 2.05) is 25.1 Å². The number of hydrogen-bond donors (Lipinski definition) is 0. The quantitative estimate of drug-likeness (QED) is 0.345. The second-order valence-corrected chi connectivity index (χ2v) is 5.66. The van der Waals surface area contributed by atoms with Crippen LogP contribution in [-0.2, 0) is 19.3 Å². The standard InChI is InChI=1S/C19H20F4/c1-2-3-5-10-14-16(20)18(22)15(19(23)17(14)21)12-11-13-8-6-4-7-9-13/h4,6-9H,2-3,5,10-12H2,1H3. The Balaban J connectivity index is 2.23. The molecule has 0 radical (unpaired) electrons. The second-order valence-electron chi connectivity index (χ2n) is 5.66. The van der Waals surface area contributed by atoms with Gasteiger partial charge in [-0.05, 0) is 31.2 Å². The number of aryl methyl sites for hydroxylation is 1. The topological polar surface area (TPSA) is 0 Å². The van der Waals surface area contributed by atoms with Crippen molar-refractivity contribution < 1.29 is 17.6 Å². The van der Waals surface area contributed by atoms with Gasteiger partial charge in [-0.3, -0.25) is 0 Å². The fourth-order valence-corrected chi connectivity index (χ4v) is 2.63. The van der Waals surface area contributed by atoms with Crippen LogP contribution in [0.1, 0.15) is 42.9 Å². The van der Waals surface area contributed by atoms with Gasteiger partial charge in [0, 0.05) is 11.1 Å². The molecule has 0 heterocycles. The number of halogens is 4. The molecule has 124 valence electrons. The van der Waals surface area contributed by atoms with Crippen molar-refractivity contribution in [3.8, 4) is 0 Å². The molecule has 0 unspecified atom stereocenters. The van der Waals surface area contributed by atoms with E-state index < -0.39 is 34.4 Å². The Hall–Kier alpha value is -1.84. The molecule has 0 aliphatic heterocycles.